The fraction of sp³-hybridized carbons (Fsp3) is 0.545. The molecule has 18 heavy (non-hydrogen) atoms. The molecule has 1 aromatic rings. The number of nitriles is 1. The van der Waals surface area contributed by atoms with Gasteiger partial charge in [0.05, 0.1) is 11.1 Å². The predicted molar refractivity (Wildman–Crippen MR) is 70.9 cm³/mol. The SMILES string of the molecule is CC(C)(C)OC(=O)Nc1nsc(CCC#N)c1Cl. The Kier molecular flexibility index (Phi) is 4.93. The van der Waals surface area contributed by atoms with E-state index in [0.29, 0.717) is 17.9 Å². The minimum atomic E-state index is -0.596. The second-order valence-corrected chi connectivity index (χ2v) is 5.79. The molecule has 0 saturated heterocycles. The highest BCUT2D eigenvalue weighted by Crippen LogP contribution is 2.30. The van der Waals surface area contributed by atoms with E-state index in [1.54, 1.807) is 20.8 Å². The van der Waals surface area contributed by atoms with Crippen molar-refractivity contribution in [3.63, 3.8) is 0 Å². The first-order valence-corrected chi connectivity index (χ1v) is 6.49. The van der Waals surface area contributed by atoms with Crippen LogP contribution in [0.5, 0.6) is 0 Å². The molecule has 7 heteroatoms. The van der Waals surface area contributed by atoms with E-state index in [4.69, 9.17) is 21.6 Å². The van der Waals surface area contributed by atoms with Gasteiger partial charge >= 0.3 is 6.09 Å². The maximum Gasteiger partial charge on any atom is 0.413 e. The zero-order valence-electron chi connectivity index (χ0n) is 10.4. The largest absolute Gasteiger partial charge is 0.444 e. The zero-order valence-corrected chi connectivity index (χ0v) is 12.0. The number of nitrogens with zero attached hydrogens (tertiary/aromatic N) is 2. The molecule has 0 aliphatic carbocycles. The van der Waals surface area contributed by atoms with Crippen molar-refractivity contribution >= 4 is 35.0 Å². The van der Waals surface area contributed by atoms with Gasteiger partial charge in [-0.1, -0.05) is 11.6 Å². The van der Waals surface area contributed by atoms with Gasteiger partial charge < -0.3 is 4.74 Å². The Morgan fingerprint density at radius 1 is 1.61 bits per heavy atom. The van der Waals surface area contributed by atoms with Crippen molar-refractivity contribution in [2.75, 3.05) is 5.32 Å². The number of carbonyl (C=O) groups excluding carboxylic acids is 1. The highest BCUT2D eigenvalue weighted by molar-refractivity contribution is 7.06. The van der Waals surface area contributed by atoms with Crippen LogP contribution in [-0.2, 0) is 11.2 Å². The third-order valence-corrected chi connectivity index (χ3v) is 3.20. The van der Waals surface area contributed by atoms with Crippen molar-refractivity contribution in [2.45, 2.75) is 39.2 Å². The quantitative estimate of drug-likeness (QED) is 0.921. The number of aromatic nitrogens is 1. The lowest BCUT2D eigenvalue weighted by atomic mass is 10.2. The Morgan fingerprint density at radius 3 is 2.83 bits per heavy atom. The molecule has 1 N–H and O–H groups in total. The fourth-order valence-corrected chi connectivity index (χ4v) is 2.16. The summed E-state index contributed by atoms with van der Waals surface area (Å²) in [5.74, 6) is 0.281. The summed E-state index contributed by atoms with van der Waals surface area (Å²) in [6.45, 7) is 5.31. The number of carbonyl (C=O) groups is 1. The maximum absolute atomic E-state index is 11.5. The van der Waals surface area contributed by atoms with Gasteiger partial charge in [0, 0.05) is 11.3 Å². The van der Waals surface area contributed by atoms with Crippen LogP contribution in [0.3, 0.4) is 0 Å². The number of hydrogen-bond acceptors (Lipinski definition) is 5. The first-order valence-electron chi connectivity index (χ1n) is 5.34. The van der Waals surface area contributed by atoms with E-state index in [1.165, 1.54) is 11.5 Å². The zero-order chi connectivity index (χ0) is 13.8. The lowest BCUT2D eigenvalue weighted by Crippen LogP contribution is -2.27. The summed E-state index contributed by atoms with van der Waals surface area (Å²) < 4.78 is 9.12. The topological polar surface area (TPSA) is 75.0 Å². The fourth-order valence-electron chi connectivity index (χ4n) is 1.12. The summed E-state index contributed by atoms with van der Waals surface area (Å²) >= 11 is 7.22. The van der Waals surface area contributed by atoms with Crippen molar-refractivity contribution in [1.82, 2.24) is 4.37 Å². The summed E-state index contributed by atoms with van der Waals surface area (Å²) in [4.78, 5) is 12.3. The number of nitrogens with one attached hydrogen (secondary N) is 1. The Labute approximate surface area is 115 Å². The van der Waals surface area contributed by atoms with Gasteiger partial charge in [-0.3, -0.25) is 5.32 Å². The van der Waals surface area contributed by atoms with Crippen LogP contribution in [0.25, 0.3) is 0 Å². The lowest BCUT2D eigenvalue weighted by molar-refractivity contribution is 0.0635. The van der Waals surface area contributed by atoms with Crippen LogP contribution in [0, 0.1) is 11.3 Å². The molecule has 1 heterocycles. The predicted octanol–water partition coefficient (Wildman–Crippen LogP) is 3.60. The summed E-state index contributed by atoms with van der Waals surface area (Å²) in [6, 6.07) is 2.03. The van der Waals surface area contributed by atoms with E-state index < -0.39 is 11.7 Å². The molecule has 0 radical (unpaired) electrons. The number of halogens is 1. The average molecular weight is 288 g/mol. The van der Waals surface area contributed by atoms with Crippen molar-refractivity contribution in [2.24, 2.45) is 0 Å². The Balaban J connectivity index is 2.66. The summed E-state index contributed by atoms with van der Waals surface area (Å²) in [7, 11) is 0. The third kappa shape index (κ3) is 4.51. The number of anilines is 1. The van der Waals surface area contributed by atoms with Crippen LogP contribution in [0.15, 0.2) is 0 Å². The molecule has 1 rings (SSSR count). The monoisotopic (exact) mass is 287 g/mol. The maximum atomic E-state index is 11.5. The number of aryl methyl sites for hydroxylation is 1. The molecule has 0 aliphatic rings. The minimum absolute atomic E-state index is 0.281. The van der Waals surface area contributed by atoms with E-state index >= 15 is 0 Å². The van der Waals surface area contributed by atoms with Gasteiger partial charge in [-0.25, -0.2) is 4.79 Å². The molecule has 0 spiro atoms. The molecule has 0 aliphatic heterocycles. The van der Waals surface area contributed by atoms with Gasteiger partial charge in [-0.15, -0.1) is 0 Å². The molecule has 1 amide bonds. The molecular weight excluding hydrogens is 274 g/mol. The smallest absolute Gasteiger partial charge is 0.413 e. The second-order valence-electron chi connectivity index (χ2n) is 4.55. The van der Waals surface area contributed by atoms with Crippen molar-refractivity contribution in [3.05, 3.63) is 9.90 Å². The molecule has 1 aromatic heterocycles. The van der Waals surface area contributed by atoms with Crippen LogP contribution in [0.4, 0.5) is 10.6 Å². The van der Waals surface area contributed by atoms with E-state index in [-0.39, 0.29) is 5.82 Å². The molecule has 0 saturated carbocycles. The third-order valence-electron chi connectivity index (χ3n) is 1.78. The van der Waals surface area contributed by atoms with Crippen LogP contribution in [0.1, 0.15) is 32.1 Å². The van der Waals surface area contributed by atoms with Gasteiger partial charge in [0.2, 0.25) is 0 Å². The molecular formula is C11H14ClN3O2S. The Morgan fingerprint density at radius 2 is 2.28 bits per heavy atom. The molecule has 98 valence electrons. The highest BCUT2D eigenvalue weighted by atomic mass is 35.5. The standard InChI is InChI=1S/C11H14ClN3O2S/c1-11(2,3)17-10(16)14-9-8(12)7(18-15-9)5-4-6-13/h4-5H2,1-3H3,(H,14,15,16). The molecule has 5 nitrogen and oxygen atoms in total. The minimum Gasteiger partial charge on any atom is -0.444 e. The molecule has 0 aromatic carbocycles. The molecule has 0 unspecified atom stereocenters. The number of amides is 1. The lowest BCUT2D eigenvalue weighted by Gasteiger charge is -2.19. The summed E-state index contributed by atoms with van der Waals surface area (Å²) in [6.07, 6.45) is 0.304. The van der Waals surface area contributed by atoms with E-state index in [9.17, 15) is 4.79 Å². The first-order chi connectivity index (χ1) is 8.33. The van der Waals surface area contributed by atoms with E-state index in [1.807, 2.05) is 6.07 Å². The van der Waals surface area contributed by atoms with Crippen LogP contribution in [-0.4, -0.2) is 16.1 Å². The van der Waals surface area contributed by atoms with Gasteiger partial charge in [0.25, 0.3) is 0 Å². The van der Waals surface area contributed by atoms with Crippen LogP contribution in [0.2, 0.25) is 5.02 Å². The van der Waals surface area contributed by atoms with Crippen molar-refractivity contribution in [3.8, 4) is 6.07 Å². The number of ether oxygens (including phenoxy) is 1. The second kappa shape index (κ2) is 6.03. The number of rotatable bonds is 3. The number of hydrogen-bond donors (Lipinski definition) is 1. The van der Waals surface area contributed by atoms with Gasteiger partial charge in [0.1, 0.15) is 5.60 Å². The van der Waals surface area contributed by atoms with Crippen LogP contribution < -0.4 is 5.32 Å². The average Bonchev–Trinajstić information content (AvgIpc) is 2.55. The van der Waals surface area contributed by atoms with Gasteiger partial charge in [0.15, 0.2) is 5.82 Å². The normalized spacial score (nSPS) is 10.8. The summed E-state index contributed by atoms with van der Waals surface area (Å²) in [5.41, 5.74) is -0.573. The Bertz CT molecular complexity index is 474. The first kappa shape index (κ1) is 14.7. The molecule has 0 atom stereocenters. The Hall–Kier alpha value is -1.32. The van der Waals surface area contributed by atoms with E-state index in [2.05, 4.69) is 9.69 Å². The molecule has 0 fully saturated rings. The van der Waals surface area contributed by atoms with Crippen molar-refractivity contribution < 1.29 is 9.53 Å². The van der Waals surface area contributed by atoms with Crippen LogP contribution >= 0.6 is 23.1 Å². The van der Waals surface area contributed by atoms with Gasteiger partial charge in [-0.05, 0) is 38.7 Å². The molecule has 0 bridgehead atoms. The highest BCUT2D eigenvalue weighted by Gasteiger charge is 2.19. The van der Waals surface area contributed by atoms with E-state index in [0.717, 1.165) is 4.88 Å². The van der Waals surface area contributed by atoms with Crippen molar-refractivity contribution in [1.29, 1.82) is 5.26 Å². The summed E-state index contributed by atoms with van der Waals surface area (Å²) in [5, 5.41) is 11.4. The van der Waals surface area contributed by atoms with Gasteiger partial charge in [-0.2, -0.15) is 9.64 Å².